The van der Waals surface area contributed by atoms with Gasteiger partial charge in [0.1, 0.15) is 0 Å². The van der Waals surface area contributed by atoms with Gasteiger partial charge < -0.3 is 10.2 Å². The highest BCUT2D eigenvalue weighted by Crippen LogP contribution is 2.15. The van der Waals surface area contributed by atoms with E-state index in [1.54, 1.807) is 23.2 Å². The summed E-state index contributed by atoms with van der Waals surface area (Å²) < 4.78 is 0. The maximum atomic E-state index is 12.1. The number of carbonyl (C=O) groups excluding carboxylic acids is 2. The molecule has 5 nitrogen and oxygen atoms in total. The number of hydrogen-bond acceptors (Lipinski definition) is 3. The lowest BCUT2D eigenvalue weighted by atomic mass is 10.1. The number of rotatable bonds is 5. The maximum absolute atomic E-state index is 12.1. The fourth-order valence-corrected chi connectivity index (χ4v) is 3.02. The first-order chi connectivity index (χ1) is 11.6. The molecule has 124 valence electrons. The number of pyridine rings is 1. The molecular weight excluding hydrogens is 326 g/mol. The van der Waals surface area contributed by atoms with Gasteiger partial charge in [0.2, 0.25) is 5.91 Å². The van der Waals surface area contributed by atoms with Crippen molar-refractivity contribution in [3.8, 4) is 0 Å². The minimum Gasteiger partial charge on any atom is -0.347 e. The van der Waals surface area contributed by atoms with Crippen LogP contribution in [0.5, 0.6) is 0 Å². The summed E-state index contributed by atoms with van der Waals surface area (Å²) in [4.78, 5) is 30.0. The van der Waals surface area contributed by atoms with E-state index in [1.165, 1.54) is 6.20 Å². The van der Waals surface area contributed by atoms with E-state index in [0.29, 0.717) is 30.1 Å². The summed E-state index contributed by atoms with van der Waals surface area (Å²) in [7, 11) is 0. The molecule has 1 aromatic carbocycles. The molecule has 6 heteroatoms. The molecule has 1 aromatic heterocycles. The number of benzene rings is 1. The van der Waals surface area contributed by atoms with Gasteiger partial charge >= 0.3 is 0 Å². The van der Waals surface area contributed by atoms with Gasteiger partial charge in [-0.15, -0.1) is 0 Å². The molecular formula is C18H18ClN3O2. The Labute approximate surface area is 145 Å². The molecule has 1 aliphatic rings. The van der Waals surface area contributed by atoms with Gasteiger partial charge in [0.05, 0.1) is 11.6 Å². The second-order valence-electron chi connectivity index (χ2n) is 5.84. The summed E-state index contributed by atoms with van der Waals surface area (Å²) in [5, 5.41) is 3.60. The van der Waals surface area contributed by atoms with Crippen LogP contribution in [0.3, 0.4) is 0 Å². The predicted molar refractivity (Wildman–Crippen MR) is 91.8 cm³/mol. The molecule has 1 aliphatic heterocycles. The summed E-state index contributed by atoms with van der Waals surface area (Å²) in [6.45, 7) is 1.16. The fraction of sp³-hybridized carbons (Fsp3) is 0.278. The molecule has 1 fully saturated rings. The molecule has 2 heterocycles. The molecule has 2 amide bonds. The van der Waals surface area contributed by atoms with E-state index in [-0.39, 0.29) is 17.9 Å². The fourth-order valence-electron chi connectivity index (χ4n) is 2.81. The number of likely N-dealkylation sites (tertiary alicyclic amines) is 1. The third-order valence-corrected chi connectivity index (χ3v) is 4.27. The van der Waals surface area contributed by atoms with Crippen molar-refractivity contribution in [2.45, 2.75) is 18.9 Å². The van der Waals surface area contributed by atoms with Crippen LogP contribution < -0.4 is 5.32 Å². The molecule has 3 rings (SSSR count). The van der Waals surface area contributed by atoms with Crippen molar-refractivity contribution in [3.05, 3.63) is 64.9 Å². The summed E-state index contributed by atoms with van der Waals surface area (Å²) >= 11 is 5.97. The number of amides is 2. The van der Waals surface area contributed by atoms with Crippen LogP contribution in [0.4, 0.5) is 0 Å². The lowest BCUT2D eigenvalue weighted by molar-refractivity contribution is -0.127. The summed E-state index contributed by atoms with van der Waals surface area (Å²) in [5.74, 6) is -0.133. The smallest absolute Gasteiger partial charge is 0.253 e. The Balaban J connectivity index is 1.53. The number of aromatic nitrogens is 1. The van der Waals surface area contributed by atoms with Crippen molar-refractivity contribution in [2.24, 2.45) is 0 Å². The van der Waals surface area contributed by atoms with Gasteiger partial charge in [-0.2, -0.15) is 0 Å². The van der Waals surface area contributed by atoms with Crippen molar-refractivity contribution in [2.75, 3.05) is 13.1 Å². The summed E-state index contributed by atoms with van der Waals surface area (Å²) in [5.41, 5.74) is 1.60. The molecule has 0 spiro atoms. The molecule has 1 saturated heterocycles. The third kappa shape index (κ3) is 4.11. The van der Waals surface area contributed by atoms with Gasteiger partial charge in [0, 0.05) is 36.9 Å². The zero-order valence-electron chi connectivity index (χ0n) is 13.1. The van der Waals surface area contributed by atoms with Crippen LogP contribution in [-0.2, 0) is 11.2 Å². The SMILES string of the molecule is O=C(N[C@@H]1CC(=O)N(CCc2cccc(Cl)c2)C1)c1cccnc1. The minimum absolute atomic E-state index is 0.0634. The Morgan fingerprint density at radius 1 is 1.33 bits per heavy atom. The molecule has 0 bridgehead atoms. The van der Waals surface area contributed by atoms with Crippen LogP contribution in [-0.4, -0.2) is 40.8 Å². The predicted octanol–water partition coefficient (Wildman–Crippen LogP) is 2.31. The Bertz CT molecular complexity index is 736. The molecule has 0 aliphatic carbocycles. The molecule has 2 aromatic rings. The van der Waals surface area contributed by atoms with E-state index in [1.807, 2.05) is 24.3 Å². The van der Waals surface area contributed by atoms with Crippen molar-refractivity contribution in [1.29, 1.82) is 0 Å². The van der Waals surface area contributed by atoms with Crippen LogP contribution >= 0.6 is 11.6 Å². The topological polar surface area (TPSA) is 62.3 Å². The van der Waals surface area contributed by atoms with Gasteiger partial charge in [0.25, 0.3) is 5.91 Å². The van der Waals surface area contributed by atoms with E-state index >= 15 is 0 Å². The normalized spacial score (nSPS) is 17.1. The summed E-state index contributed by atoms with van der Waals surface area (Å²) in [6.07, 6.45) is 4.22. The largest absolute Gasteiger partial charge is 0.347 e. The number of halogens is 1. The Kier molecular flexibility index (Phi) is 5.11. The minimum atomic E-state index is -0.197. The maximum Gasteiger partial charge on any atom is 0.253 e. The van der Waals surface area contributed by atoms with Gasteiger partial charge in [-0.1, -0.05) is 23.7 Å². The first kappa shape index (κ1) is 16.5. The lowest BCUT2D eigenvalue weighted by Gasteiger charge is -2.17. The first-order valence-electron chi connectivity index (χ1n) is 7.85. The monoisotopic (exact) mass is 343 g/mol. The van der Waals surface area contributed by atoms with Gasteiger partial charge in [-0.05, 0) is 36.2 Å². The third-order valence-electron chi connectivity index (χ3n) is 4.03. The molecule has 0 saturated carbocycles. The van der Waals surface area contributed by atoms with Crippen molar-refractivity contribution in [1.82, 2.24) is 15.2 Å². The van der Waals surface area contributed by atoms with E-state index < -0.39 is 0 Å². The number of hydrogen-bond donors (Lipinski definition) is 1. The lowest BCUT2D eigenvalue weighted by Crippen LogP contribution is -2.37. The zero-order valence-corrected chi connectivity index (χ0v) is 13.9. The van der Waals surface area contributed by atoms with Crippen molar-refractivity contribution < 1.29 is 9.59 Å². The average Bonchev–Trinajstić information content (AvgIpc) is 2.93. The number of nitrogens with one attached hydrogen (secondary N) is 1. The second kappa shape index (κ2) is 7.45. The van der Waals surface area contributed by atoms with Crippen LogP contribution in [0.2, 0.25) is 5.02 Å². The molecule has 1 atom stereocenters. The van der Waals surface area contributed by atoms with E-state index in [2.05, 4.69) is 10.3 Å². The van der Waals surface area contributed by atoms with Crippen LogP contribution in [0, 0.1) is 0 Å². The number of carbonyl (C=O) groups is 2. The molecule has 24 heavy (non-hydrogen) atoms. The Hall–Kier alpha value is -2.40. The van der Waals surface area contributed by atoms with E-state index in [0.717, 1.165) is 12.0 Å². The molecule has 1 N–H and O–H groups in total. The van der Waals surface area contributed by atoms with E-state index in [4.69, 9.17) is 11.6 Å². The zero-order chi connectivity index (χ0) is 16.9. The van der Waals surface area contributed by atoms with Crippen molar-refractivity contribution in [3.63, 3.8) is 0 Å². The van der Waals surface area contributed by atoms with E-state index in [9.17, 15) is 9.59 Å². The van der Waals surface area contributed by atoms with Crippen molar-refractivity contribution >= 4 is 23.4 Å². The van der Waals surface area contributed by atoms with Crippen LogP contribution in [0.1, 0.15) is 22.3 Å². The average molecular weight is 344 g/mol. The molecule has 0 unspecified atom stereocenters. The second-order valence-corrected chi connectivity index (χ2v) is 6.27. The summed E-state index contributed by atoms with van der Waals surface area (Å²) in [6, 6.07) is 10.9. The molecule has 0 radical (unpaired) electrons. The van der Waals surface area contributed by atoms with Crippen LogP contribution in [0.25, 0.3) is 0 Å². The van der Waals surface area contributed by atoms with Crippen LogP contribution in [0.15, 0.2) is 48.8 Å². The van der Waals surface area contributed by atoms with Gasteiger partial charge in [-0.25, -0.2) is 0 Å². The van der Waals surface area contributed by atoms with Gasteiger partial charge in [0.15, 0.2) is 0 Å². The Morgan fingerprint density at radius 2 is 2.21 bits per heavy atom. The standard InChI is InChI=1S/C18H18ClN3O2/c19-15-5-1-3-13(9-15)6-8-22-12-16(10-17(22)23)21-18(24)14-4-2-7-20-11-14/h1-5,7,9,11,16H,6,8,10,12H2,(H,21,24)/t16-/m1/s1. The highest BCUT2D eigenvalue weighted by Gasteiger charge is 2.30. The number of nitrogens with zero attached hydrogens (tertiary/aromatic N) is 2. The highest BCUT2D eigenvalue weighted by molar-refractivity contribution is 6.30. The van der Waals surface area contributed by atoms with Gasteiger partial charge in [-0.3, -0.25) is 14.6 Å². The first-order valence-corrected chi connectivity index (χ1v) is 8.23. The quantitative estimate of drug-likeness (QED) is 0.906. The Morgan fingerprint density at radius 3 is 2.96 bits per heavy atom. The highest BCUT2D eigenvalue weighted by atomic mass is 35.5.